The van der Waals surface area contributed by atoms with E-state index in [4.69, 9.17) is 14.2 Å². The summed E-state index contributed by atoms with van der Waals surface area (Å²) in [5.74, 6) is 0.427. The minimum Gasteiger partial charge on any atom is -0.497 e. The lowest BCUT2D eigenvalue weighted by atomic mass is 9.48. The van der Waals surface area contributed by atoms with Crippen LogP contribution in [-0.2, 0) is 19.7 Å². The molecule has 7 nitrogen and oxygen atoms in total. The van der Waals surface area contributed by atoms with E-state index in [2.05, 4.69) is 55.0 Å². The molecular weight excluding hydrogens is 444 g/mol. The maximum absolute atomic E-state index is 12.8. The van der Waals surface area contributed by atoms with Gasteiger partial charge in [0.25, 0.3) is 0 Å². The lowest BCUT2D eigenvalue weighted by Gasteiger charge is -2.64. The first-order valence-corrected chi connectivity index (χ1v) is 13.1. The van der Waals surface area contributed by atoms with Crippen LogP contribution in [0.2, 0.25) is 0 Å². The molecule has 1 spiro atoms. The Kier molecular flexibility index (Phi) is 6.17. The monoisotopic (exact) mass is 484 g/mol. The number of fused-ring (bicyclic) bond motifs is 1. The summed E-state index contributed by atoms with van der Waals surface area (Å²) in [6, 6.07) is 6.11. The average Bonchev–Trinajstić information content (AvgIpc) is 3.36. The van der Waals surface area contributed by atoms with E-state index in [1.165, 1.54) is 12.5 Å². The van der Waals surface area contributed by atoms with Crippen molar-refractivity contribution in [3.05, 3.63) is 35.9 Å². The van der Waals surface area contributed by atoms with Gasteiger partial charge in [-0.05, 0) is 37.4 Å². The van der Waals surface area contributed by atoms with E-state index in [9.17, 15) is 9.90 Å². The van der Waals surface area contributed by atoms with Gasteiger partial charge in [0.2, 0.25) is 0 Å². The van der Waals surface area contributed by atoms with Crippen molar-refractivity contribution < 1.29 is 24.1 Å². The van der Waals surface area contributed by atoms with E-state index in [0.717, 1.165) is 50.2 Å². The van der Waals surface area contributed by atoms with Crippen molar-refractivity contribution >= 4 is 11.7 Å². The summed E-state index contributed by atoms with van der Waals surface area (Å²) in [4.78, 5) is 17.3. The Bertz CT molecular complexity index is 1010. The van der Waals surface area contributed by atoms with Crippen molar-refractivity contribution in [2.45, 2.75) is 75.7 Å². The Morgan fingerprint density at radius 3 is 2.74 bits per heavy atom. The molecule has 1 aliphatic carbocycles. The molecule has 1 saturated heterocycles. The van der Waals surface area contributed by atoms with Gasteiger partial charge in [-0.25, -0.2) is 0 Å². The third-order valence-corrected chi connectivity index (χ3v) is 9.19. The molecule has 7 heteroatoms. The van der Waals surface area contributed by atoms with Crippen LogP contribution in [0.5, 0.6) is 5.75 Å². The third kappa shape index (κ3) is 3.24. The summed E-state index contributed by atoms with van der Waals surface area (Å²) >= 11 is 0. The molecule has 0 aromatic heterocycles. The molecular formula is C28H40N2O5. The molecule has 1 aromatic carbocycles. The van der Waals surface area contributed by atoms with E-state index < -0.39 is 17.1 Å². The lowest BCUT2D eigenvalue weighted by Crippen LogP contribution is -2.80. The van der Waals surface area contributed by atoms with Crippen molar-refractivity contribution in [1.82, 2.24) is 4.90 Å². The Balaban J connectivity index is 1.75. The first-order chi connectivity index (χ1) is 16.8. The Labute approximate surface area is 209 Å². The molecule has 0 amide bonds. The van der Waals surface area contributed by atoms with E-state index in [1.807, 2.05) is 6.07 Å². The molecule has 5 rings (SSSR count). The van der Waals surface area contributed by atoms with Gasteiger partial charge in [-0.2, -0.15) is 0 Å². The number of hydrogen-bond donors (Lipinski definition) is 1. The standard InChI is InChI=1S/C28H40N2O5/c1-6-8-16-34-18-28(32)24-27(21-11-10-20(33-5)17-22(21)29(24)4)13-15-30-14-9-12-26(7-2,23(27)30)25(28)35-19(3)31/h9-12,17,23-25,32H,6-8,13-16,18H2,1-5H3/t23?,24-,25-,26-,27-,28?/m1/s1. The second-order valence-corrected chi connectivity index (χ2v) is 10.8. The minimum atomic E-state index is -1.40. The number of esters is 1. The van der Waals surface area contributed by atoms with Crippen LogP contribution in [0, 0.1) is 5.41 Å². The highest BCUT2D eigenvalue weighted by Crippen LogP contribution is 2.67. The van der Waals surface area contributed by atoms with E-state index in [-0.39, 0.29) is 30.1 Å². The van der Waals surface area contributed by atoms with Gasteiger partial charge in [0.15, 0.2) is 0 Å². The Morgan fingerprint density at radius 2 is 2.06 bits per heavy atom. The summed E-state index contributed by atoms with van der Waals surface area (Å²) in [7, 11) is 3.74. The van der Waals surface area contributed by atoms with Gasteiger partial charge in [-0.1, -0.05) is 38.5 Å². The van der Waals surface area contributed by atoms with Gasteiger partial charge >= 0.3 is 5.97 Å². The number of rotatable bonds is 8. The fourth-order valence-corrected chi connectivity index (χ4v) is 8.09. The average molecular weight is 485 g/mol. The number of anilines is 1. The van der Waals surface area contributed by atoms with Crippen molar-refractivity contribution in [3.63, 3.8) is 0 Å². The van der Waals surface area contributed by atoms with Gasteiger partial charge in [-0.15, -0.1) is 0 Å². The highest BCUT2D eigenvalue weighted by molar-refractivity contribution is 5.71. The first kappa shape index (κ1) is 24.6. The smallest absolute Gasteiger partial charge is 0.303 e. The number of benzene rings is 1. The summed E-state index contributed by atoms with van der Waals surface area (Å²) < 4.78 is 17.9. The highest BCUT2D eigenvalue weighted by atomic mass is 16.6. The van der Waals surface area contributed by atoms with Crippen LogP contribution in [0.15, 0.2) is 30.4 Å². The number of aliphatic hydroxyl groups is 1. The molecule has 35 heavy (non-hydrogen) atoms. The normalized spacial score (nSPS) is 37.1. The van der Waals surface area contributed by atoms with Gasteiger partial charge in [0.05, 0.1) is 19.8 Å². The number of carbonyl (C=O) groups excluding carboxylic acids is 1. The largest absolute Gasteiger partial charge is 0.497 e. The van der Waals surface area contributed by atoms with E-state index >= 15 is 0 Å². The zero-order valence-corrected chi connectivity index (χ0v) is 21.8. The lowest BCUT2D eigenvalue weighted by molar-refractivity contribution is -0.233. The molecule has 3 aliphatic heterocycles. The predicted molar refractivity (Wildman–Crippen MR) is 135 cm³/mol. The molecule has 2 unspecified atom stereocenters. The molecule has 192 valence electrons. The molecule has 0 bridgehead atoms. The topological polar surface area (TPSA) is 71.5 Å². The number of methoxy groups -OCH3 is 1. The van der Waals surface area contributed by atoms with Crippen molar-refractivity contribution in [1.29, 1.82) is 0 Å². The molecule has 1 aromatic rings. The van der Waals surface area contributed by atoms with Gasteiger partial charge in [-0.3, -0.25) is 9.69 Å². The maximum Gasteiger partial charge on any atom is 0.303 e. The van der Waals surface area contributed by atoms with Crippen molar-refractivity contribution in [2.24, 2.45) is 5.41 Å². The van der Waals surface area contributed by atoms with Crippen LogP contribution in [0.3, 0.4) is 0 Å². The van der Waals surface area contributed by atoms with E-state index in [1.54, 1.807) is 7.11 Å². The SMILES string of the molecule is CCCCOCC1(O)[C@H](OC(C)=O)[C@]2(CC)C=CCN3CC[C@@]4(c5ccc(OC)cc5N(C)[C@@H]14)C32. The van der Waals surface area contributed by atoms with Gasteiger partial charge < -0.3 is 24.2 Å². The molecule has 0 radical (unpaired) electrons. The Hall–Kier alpha value is -2.09. The van der Waals surface area contributed by atoms with Crippen LogP contribution >= 0.6 is 0 Å². The summed E-state index contributed by atoms with van der Waals surface area (Å²) in [6.45, 7) is 8.22. The third-order valence-electron chi connectivity index (χ3n) is 9.19. The summed E-state index contributed by atoms with van der Waals surface area (Å²) in [6.07, 6.45) is 7.34. The zero-order valence-electron chi connectivity index (χ0n) is 21.8. The predicted octanol–water partition coefficient (Wildman–Crippen LogP) is 3.29. The van der Waals surface area contributed by atoms with Crippen LogP contribution < -0.4 is 9.64 Å². The van der Waals surface area contributed by atoms with E-state index in [0.29, 0.717) is 6.61 Å². The zero-order chi connectivity index (χ0) is 25.0. The number of unbranched alkanes of at least 4 members (excludes halogenated alkanes) is 1. The van der Waals surface area contributed by atoms with Crippen LogP contribution in [0.25, 0.3) is 0 Å². The van der Waals surface area contributed by atoms with Gasteiger partial charge in [0.1, 0.15) is 17.5 Å². The second kappa shape index (κ2) is 8.79. The maximum atomic E-state index is 12.8. The molecule has 1 N–H and O–H groups in total. The molecule has 3 heterocycles. The first-order valence-electron chi connectivity index (χ1n) is 13.1. The summed E-state index contributed by atoms with van der Waals surface area (Å²) in [5, 5.41) is 12.8. The molecule has 4 aliphatic rings. The fourth-order valence-electron chi connectivity index (χ4n) is 8.09. The van der Waals surface area contributed by atoms with Crippen molar-refractivity contribution in [3.8, 4) is 5.75 Å². The number of carbonyl (C=O) groups is 1. The van der Waals surface area contributed by atoms with Crippen LogP contribution in [-0.4, -0.2) is 80.2 Å². The molecule has 2 fully saturated rings. The second-order valence-electron chi connectivity index (χ2n) is 10.8. The van der Waals surface area contributed by atoms with Crippen LogP contribution in [0.4, 0.5) is 5.69 Å². The number of hydrogen-bond acceptors (Lipinski definition) is 7. The van der Waals surface area contributed by atoms with Crippen molar-refractivity contribution in [2.75, 3.05) is 45.4 Å². The molecule has 1 saturated carbocycles. The number of ether oxygens (including phenoxy) is 3. The summed E-state index contributed by atoms with van der Waals surface area (Å²) in [5.41, 5.74) is 0.0783. The number of nitrogens with zero attached hydrogens (tertiary/aromatic N) is 2. The van der Waals surface area contributed by atoms with Gasteiger partial charge in [0, 0.05) is 55.7 Å². The fraction of sp³-hybridized carbons (Fsp3) is 0.679. The number of likely N-dealkylation sites (N-methyl/N-ethyl adjacent to an activating group) is 1. The molecule has 6 atom stereocenters. The minimum absolute atomic E-state index is 0.104. The highest BCUT2D eigenvalue weighted by Gasteiger charge is 2.77. The Morgan fingerprint density at radius 1 is 1.26 bits per heavy atom. The quantitative estimate of drug-likeness (QED) is 0.345. The van der Waals surface area contributed by atoms with Crippen LogP contribution in [0.1, 0.15) is 52.0 Å².